The molecule has 1 aromatic heterocycles. The Morgan fingerprint density at radius 1 is 1.24 bits per heavy atom. The molecule has 0 aliphatic carbocycles. The Bertz CT molecular complexity index is 510. The molecule has 1 fully saturated rings. The van der Waals surface area contributed by atoms with Crippen molar-refractivity contribution in [2.24, 2.45) is 0 Å². The first-order valence-electron chi connectivity index (χ1n) is 9.51. The van der Waals surface area contributed by atoms with Gasteiger partial charge in [0.2, 0.25) is 5.91 Å². The van der Waals surface area contributed by atoms with Crippen molar-refractivity contribution < 1.29 is 14.0 Å². The van der Waals surface area contributed by atoms with Gasteiger partial charge < -0.3 is 19.5 Å². The summed E-state index contributed by atoms with van der Waals surface area (Å²) in [4.78, 5) is 28.7. The minimum Gasteiger partial charge on any atom is -0.472 e. The summed E-state index contributed by atoms with van der Waals surface area (Å²) in [5, 5.41) is 2.98. The van der Waals surface area contributed by atoms with Crippen LogP contribution in [0.3, 0.4) is 0 Å². The average molecular weight is 349 g/mol. The van der Waals surface area contributed by atoms with Crippen molar-refractivity contribution in [1.82, 2.24) is 15.1 Å². The van der Waals surface area contributed by atoms with Gasteiger partial charge in [-0.2, -0.15) is 0 Å². The van der Waals surface area contributed by atoms with Crippen LogP contribution in [0.25, 0.3) is 0 Å². The summed E-state index contributed by atoms with van der Waals surface area (Å²) < 4.78 is 5.00. The molecule has 0 bridgehead atoms. The maximum atomic E-state index is 12.5. The quantitative estimate of drug-likeness (QED) is 0.705. The number of hydrogen-bond acceptors (Lipinski definition) is 4. The predicted octanol–water partition coefficient (Wildman–Crippen LogP) is 2.51. The van der Waals surface area contributed by atoms with Gasteiger partial charge in [0.1, 0.15) is 6.26 Å². The van der Waals surface area contributed by atoms with Gasteiger partial charge in [-0.3, -0.25) is 9.59 Å². The lowest BCUT2D eigenvalue weighted by Crippen LogP contribution is -2.39. The van der Waals surface area contributed by atoms with E-state index in [0.717, 1.165) is 32.5 Å². The highest BCUT2D eigenvalue weighted by Gasteiger charge is 2.17. The number of rotatable bonds is 10. The molecule has 1 N–H and O–H groups in total. The Balaban J connectivity index is 1.70. The number of unbranched alkanes of at least 4 members (excludes halogenated alkanes) is 1. The van der Waals surface area contributed by atoms with E-state index in [9.17, 15) is 9.59 Å². The summed E-state index contributed by atoms with van der Waals surface area (Å²) in [5.74, 6) is -0.0539. The standard InChI is InChI=1S/C19H31N3O3/c1-2-3-12-22(19(24)17-8-15-25-16-17)13-7-18(23)20-9-14-21-10-5-4-6-11-21/h8,15-16H,2-7,9-14H2,1H3,(H,20,23). The number of carbonyl (C=O) groups excluding carboxylic acids is 2. The Morgan fingerprint density at radius 3 is 2.72 bits per heavy atom. The summed E-state index contributed by atoms with van der Waals surface area (Å²) in [6, 6.07) is 1.67. The molecule has 0 spiro atoms. The lowest BCUT2D eigenvalue weighted by Gasteiger charge is -2.26. The SMILES string of the molecule is CCCCN(CCC(=O)NCCN1CCCCC1)C(=O)c1ccoc1. The fourth-order valence-corrected chi connectivity index (χ4v) is 3.09. The van der Waals surface area contributed by atoms with E-state index >= 15 is 0 Å². The lowest BCUT2D eigenvalue weighted by molar-refractivity contribution is -0.121. The topological polar surface area (TPSA) is 65.8 Å². The molecule has 0 radical (unpaired) electrons. The third-order valence-electron chi connectivity index (χ3n) is 4.64. The first kappa shape index (κ1) is 19.5. The zero-order chi connectivity index (χ0) is 17.9. The van der Waals surface area contributed by atoms with Gasteiger partial charge in [0.15, 0.2) is 0 Å². The van der Waals surface area contributed by atoms with Crippen LogP contribution in [0.5, 0.6) is 0 Å². The van der Waals surface area contributed by atoms with Crippen LogP contribution in [-0.2, 0) is 4.79 Å². The van der Waals surface area contributed by atoms with E-state index in [1.54, 1.807) is 11.0 Å². The lowest BCUT2D eigenvalue weighted by atomic mass is 10.1. The van der Waals surface area contributed by atoms with Crippen LogP contribution >= 0.6 is 0 Å². The largest absolute Gasteiger partial charge is 0.472 e. The average Bonchev–Trinajstić information content (AvgIpc) is 3.17. The predicted molar refractivity (Wildman–Crippen MR) is 97.4 cm³/mol. The summed E-state index contributed by atoms with van der Waals surface area (Å²) >= 11 is 0. The van der Waals surface area contributed by atoms with Crippen molar-refractivity contribution in [2.75, 3.05) is 39.3 Å². The first-order chi connectivity index (χ1) is 12.2. The molecule has 0 aromatic carbocycles. The van der Waals surface area contributed by atoms with Gasteiger partial charge in [0.05, 0.1) is 11.8 Å². The zero-order valence-corrected chi connectivity index (χ0v) is 15.3. The van der Waals surface area contributed by atoms with Gasteiger partial charge in [0.25, 0.3) is 5.91 Å². The highest BCUT2D eigenvalue weighted by molar-refractivity contribution is 5.94. The fraction of sp³-hybridized carbons (Fsp3) is 0.684. The highest BCUT2D eigenvalue weighted by Crippen LogP contribution is 2.09. The fourth-order valence-electron chi connectivity index (χ4n) is 3.09. The van der Waals surface area contributed by atoms with Gasteiger partial charge in [-0.15, -0.1) is 0 Å². The number of nitrogens with one attached hydrogen (secondary N) is 1. The normalized spacial score (nSPS) is 15.1. The van der Waals surface area contributed by atoms with Crippen molar-refractivity contribution in [2.45, 2.75) is 45.4 Å². The van der Waals surface area contributed by atoms with Crippen molar-refractivity contribution in [3.05, 3.63) is 24.2 Å². The van der Waals surface area contributed by atoms with Crippen LogP contribution in [0.1, 0.15) is 55.8 Å². The zero-order valence-electron chi connectivity index (χ0n) is 15.3. The van der Waals surface area contributed by atoms with Gasteiger partial charge >= 0.3 is 0 Å². The number of amides is 2. The Labute approximate surface area is 150 Å². The molecule has 0 atom stereocenters. The summed E-state index contributed by atoms with van der Waals surface area (Å²) in [6.07, 6.45) is 9.08. The third-order valence-corrected chi connectivity index (χ3v) is 4.64. The second kappa shape index (κ2) is 10.9. The molecule has 1 aliphatic rings. The molecule has 25 heavy (non-hydrogen) atoms. The Kier molecular flexibility index (Phi) is 8.52. The molecule has 1 aliphatic heterocycles. The number of carbonyl (C=O) groups is 2. The van der Waals surface area contributed by atoms with Crippen LogP contribution in [-0.4, -0.2) is 60.9 Å². The van der Waals surface area contributed by atoms with Gasteiger partial charge in [0, 0.05) is 32.6 Å². The number of piperidine rings is 1. The minimum absolute atomic E-state index is 0.0125. The molecule has 140 valence electrons. The van der Waals surface area contributed by atoms with Gasteiger partial charge in [-0.25, -0.2) is 0 Å². The van der Waals surface area contributed by atoms with E-state index < -0.39 is 0 Å². The van der Waals surface area contributed by atoms with E-state index in [0.29, 0.717) is 31.6 Å². The van der Waals surface area contributed by atoms with Crippen LogP contribution in [0.15, 0.2) is 23.0 Å². The van der Waals surface area contributed by atoms with Crippen molar-refractivity contribution in [3.63, 3.8) is 0 Å². The van der Waals surface area contributed by atoms with Gasteiger partial charge in [-0.05, 0) is 38.4 Å². The molecule has 2 rings (SSSR count). The number of hydrogen-bond donors (Lipinski definition) is 1. The molecule has 0 saturated carbocycles. The molecule has 2 amide bonds. The summed E-state index contributed by atoms with van der Waals surface area (Å²) in [5.41, 5.74) is 0.543. The smallest absolute Gasteiger partial charge is 0.257 e. The van der Waals surface area contributed by atoms with Gasteiger partial charge in [-0.1, -0.05) is 19.8 Å². The second-order valence-electron chi connectivity index (χ2n) is 6.66. The molecule has 6 nitrogen and oxygen atoms in total. The molecular weight excluding hydrogens is 318 g/mol. The van der Waals surface area contributed by atoms with Crippen LogP contribution in [0.2, 0.25) is 0 Å². The number of furan rings is 1. The monoisotopic (exact) mass is 349 g/mol. The Hall–Kier alpha value is -1.82. The van der Waals surface area contributed by atoms with E-state index in [1.165, 1.54) is 31.8 Å². The highest BCUT2D eigenvalue weighted by atomic mass is 16.3. The van der Waals surface area contributed by atoms with E-state index in [4.69, 9.17) is 4.42 Å². The van der Waals surface area contributed by atoms with E-state index in [2.05, 4.69) is 17.1 Å². The van der Waals surface area contributed by atoms with Crippen molar-refractivity contribution in [3.8, 4) is 0 Å². The minimum atomic E-state index is -0.0664. The molecule has 0 unspecified atom stereocenters. The summed E-state index contributed by atoms with van der Waals surface area (Å²) in [7, 11) is 0. The van der Waals surface area contributed by atoms with E-state index in [-0.39, 0.29) is 11.8 Å². The molecule has 1 saturated heterocycles. The molecular formula is C19H31N3O3. The maximum Gasteiger partial charge on any atom is 0.257 e. The van der Waals surface area contributed by atoms with Crippen LogP contribution in [0, 0.1) is 0 Å². The van der Waals surface area contributed by atoms with Crippen molar-refractivity contribution >= 4 is 11.8 Å². The van der Waals surface area contributed by atoms with Crippen molar-refractivity contribution in [1.29, 1.82) is 0 Å². The van der Waals surface area contributed by atoms with E-state index in [1.807, 2.05) is 0 Å². The maximum absolute atomic E-state index is 12.5. The van der Waals surface area contributed by atoms with Crippen LogP contribution < -0.4 is 5.32 Å². The summed E-state index contributed by atoms with van der Waals surface area (Å²) in [6.45, 7) is 7.08. The Morgan fingerprint density at radius 2 is 2.04 bits per heavy atom. The third kappa shape index (κ3) is 6.90. The number of likely N-dealkylation sites (tertiary alicyclic amines) is 1. The molecule has 1 aromatic rings. The number of nitrogens with zero attached hydrogens (tertiary/aromatic N) is 2. The van der Waals surface area contributed by atoms with Crippen LogP contribution in [0.4, 0.5) is 0 Å². The molecule has 2 heterocycles. The molecule has 6 heteroatoms. The first-order valence-corrected chi connectivity index (χ1v) is 9.51. The second-order valence-corrected chi connectivity index (χ2v) is 6.66.